The summed E-state index contributed by atoms with van der Waals surface area (Å²) in [6.07, 6.45) is -0.720. The molecule has 2 aliphatic rings. The molecule has 1 unspecified atom stereocenters. The predicted octanol–water partition coefficient (Wildman–Crippen LogP) is 1.96. The molecule has 1 N–H and O–H groups in total. The monoisotopic (exact) mass is 277 g/mol. The lowest BCUT2D eigenvalue weighted by Crippen LogP contribution is -2.75. The minimum atomic E-state index is -3.25. The summed E-state index contributed by atoms with van der Waals surface area (Å²) in [4.78, 5) is 23.5. The van der Waals surface area contributed by atoms with E-state index >= 15 is 0 Å². The molecule has 0 aromatic rings. The van der Waals surface area contributed by atoms with Gasteiger partial charge in [-0.25, -0.2) is 13.6 Å². The van der Waals surface area contributed by atoms with Crippen LogP contribution in [0.1, 0.15) is 27.2 Å². The smallest absolute Gasteiger partial charge is 0.410 e. The van der Waals surface area contributed by atoms with Gasteiger partial charge in [-0.2, -0.15) is 0 Å². The Balaban J connectivity index is 1.94. The highest BCUT2D eigenvalue weighted by molar-refractivity contribution is 5.75. The molecular weight excluding hydrogens is 260 g/mol. The standard InChI is InChI=1S/C12H17F2NO4/c1-10(2,3)19-9(18)15-5-11(6-15)4-7(8(16)17)12(11,13)14/h7H,4-6H2,1-3H3,(H,16,17). The Morgan fingerprint density at radius 3 is 2.21 bits per heavy atom. The molecule has 2 fully saturated rings. The van der Waals surface area contributed by atoms with E-state index in [1.54, 1.807) is 20.8 Å². The maximum atomic E-state index is 13.8. The normalized spacial score (nSPS) is 27.4. The van der Waals surface area contributed by atoms with E-state index < -0.39 is 34.9 Å². The number of rotatable bonds is 1. The van der Waals surface area contributed by atoms with Crippen molar-refractivity contribution in [2.24, 2.45) is 11.3 Å². The van der Waals surface area contributed by atoms with Crippen molar-refractivity contribution in [3.8, 4) is 0 Å². The van der Waals surface area contributed by atoms with E-state index in [4.69, 9.17) is 9.84 Å². The molecule has 0 radical (unpaired) electrons. The zero-order valence-corrected chi connectivity index (χ0v) is 11.1. The minimum Gasteiger partial charge on any atom is -0.481 e. The number of aliphatic carboxylic acids is 1. The van der Waals surface area contributed by atoms with Gasteiger partial charge in [0.15, 0.2) is 0 Å². The van der Waals surface area contributed by atoms with Crippen molar-refractivity contribution in [2.75, 3.05) is 13.1 Å². The van der Waals surface area contributed by atoms with Crippen LogP contribution in [0.25, 0.3) is 0 Å². The topological polar surface area (TPSA) is 66.8 Å². The van der Waals surface area contributed by atoms with Crippen molar-refractivity contribution >= 4 is 12.1 Å². The maximum absolute atomic E-state index is 13.8. The van der Waals surface area contributed by atoms with Gasteiger partial charge in [0, 0.05) is 13.1 Å². The van der Waals surface area contributed by atoms with Crippen LogP contribution in [-0.4, -0.2) is 46.7 Å². The zero-order chi connectivity index (χ0) is 14.6. The Kier molecular flexibility index (Phi) is 2.80. The number of likely N-dealkylation sites (tertiary alicyclic amines) is 1. The lowest BCUT2D eigenvalue weighted by atomic mass is 9.54. The summed E-state index contributed by atoms with van der Waals surface area (Å²) in [7, 11) is 0. The molecule has 19 heavy (non-hydrogen) atoms. The van der Waals surface area contributed by atoms with E-state index in [0.29, 0.717) is 0 Å². The van der Waals surface area contributed by atoms with Crippen molar-refractivity contribution in [2.45, 2.75) is 38.7 Å². The van der Waals surface area contributed by atoms with E-state index in [-0.39, 0.29) is 19.5 Å². The van der Waals surface area contributed by atoms with Gasteiger partial charge in [0.25, 0.3) is 5.92 Å². The molecule has 0 aromatic carbocycles. The first-order valence-corrected chi connectivity index (χ1v) is 6.07. The van der Waals surface area contributed by atoms with Crippen LogP contribution in [0.15, 0.2) is 0 Å². The van der Waals surface area contributed by atoms with E-state index in [9.17, 15) is 18.4 Å². The molecule has 1 heterocycles. The molecule has 1 amide bonds. The fraction of sp³-hybridized carbons (Fsp3) is 0.833. The second kappa shape index (κ2) is 3.80. The molecule has 7 heteroatoms. The quantitative estimate of drug-likeness (QED) is 0.795. The Morgan fingerprint density at radius 2 is 1.84 bits per heavy atom. The predicted molar refractivity (Wildman–Crippen MR) is 60.9 cm³/mol. The van der Waals surface area contributed by atoms with Gasteiger partial charge in [-0.3, -0.25) is 4.79 Å². The lowest BCUT2D eigenvalue weighted by Gasteiger charge is -2.61. The third-order valence-electron chi connectivity index (χ3n) is 3.68. The number of hydrogen-bond acceptors (Lipinski definition) is 3. The van der Waals surface area contributed by atoms with E-state index in [2.05, 4.69) is 0 Å². The molecule has 1 aliphatic carbocycles. The second-order valence-electron chi connectivity index (χ2n) is 6.33. The highest BCUT2D eigenvalue weighted by atomic mass is 19.3. The number of carboxylic acid groups (broad SMARTS) is 1. The van der Waals surface area contributed by atoms with Gasteiger partial charge < -0.3 is 14.7 Å². The number of halogens is 2. The second-order valence-corrected chi connectivity index (χ2v) is 6.33. The van der Waals surface area contributed by atoms with Gasteiger partial charge in [0.2, 0.25) is 0 Å². The number of amides is 1. The molecule has 108 valence electrons. The fourth-order valence-electron chi connectivity index (χ4n) is 2.62. The van der Waals surface area contributed by atoms with Crippen LogP contribution in [0.4, 0.5) is 13.6 Å². The molecule has 1 saturated carbocycles. The molecule has 0 bridgehead atoms. The van der Waals surface area contributed by atoms with Crippen molar-refractivity contribution in [3.63, 3.8) is 0 Å². The van der Waals surface area contributed by atoms with Crippen LogP contribution < -0.4 is 0 Å². The molecule has 1 spiro atoms. The Labute approximate surface area is 109 Å². The van der Waals surface area contributed by atoms with Gasteiger partial charge >= 0.3 is 12.1 Å². The summed E-state index contributed by atoms with van der Waals surface area (Å²) in [5, 5.41) is 8.66. The number of alkyl halides is 2. The van der Waals surface area contributed by atoms with Crippen LogP contribution >= 0.6 is 0 Å². The largest absolute Gasteiger partial charge is 0.481 e. The number of carboxylic acids is 1. The summed E-state index contributed by atoms with van der Waals surface area (Å²) in [6.45, 7) is 4.80. The van der Waals surface area contributed by atoms with E-state index in [0.717, 1.165) is 0 Å². The summed E-state index contributed by atoms with van der Waals surface area (Å²) in [5.74, 6) is -6.36. The van der Waals surface area contributed by atoms with Crippen LogP contribution in [0, 0.1) is 11.3 Å². The number of hydrogen-bond donors (Lipinski definition) is 1. The summed E-state index contributed by atoms with van der Waals surface area (Å²) in [6, 6.07) is 0. The SMILES string of the molecule is CC(C)(C)OC(=O)N1CC2(CC(C(=O)O)C2(F)F)C1. The zero-order valence-electron chi connectivity index (χ0n) is 11.1. The summed E-state index contributed by atoms with van der Waals surface area (Å²) in [5.41, 5.74) is -2.04. The molecule has 0 aromatic heterocycles. The Hall–Kier alpha value is -1.40. The lowest BCUT2D eigenvalue weighted by molar-refractivity contribution is -0.288. The molecule has 1 saturated heterocycles. The molecule has 1 atom stereocenters. The first-order valence-electron chi connectivity index (χ1n) is 6.07. The first-order chi connectivity index (χ1) is 8.48. The Bertz CT molecular complexity index is 424. The average Bonchev–Trinajstić information content (AvgIpc) is 2.09. The highest BCUT2D eigenvalue weighted by Crippen LogP contribution is 2.62. The molecular formula is C12H17F2NO4. The van der Waals surface area contributed by atoms with Crippen LogP contribution in [0.2, 0.25) is 0 Å². The fourth-order valence-corrected chi connectivity index (χ4v) is 2.62. The third-order valence-corrected chi connectivity index (χ3v) is 3.68. The van der Waals surface area contributed by atoms with Crippen molar-refractivity contribution in [3.05, 3.63) is 0 Å². The minimum absolute atomic E-state index is 0.0887. The summed E-state index contributed by atoms with van der Waals surface area (Å²) < 4.78 is 32.6. The van der Waals surface area contributed by atoms with Crippen molar-refractivity contribution in [1.29, 1.82) is 0 Å². The van der Waals surface area contributed by atoms with Crippen LogP contribution in [0.3, 0.4) is 0 Å². The summed E-state index contributed by atoms with van der Waals surface area (Å²) >= 11 is 0. The van der Waals surface area contributed by atoms with Crippen molar-refractivity contribution < 1.29 is 28.2 Å². The van der Waals surface area contributed by atoms with Gasteiger partial charge in [-0.1, -0.05) is 0 Å². The number of nitrogens with zero attached hydrogens (tertiary/aromatic N) is 1. The maximum Gasteiger partial charge on any atom is 0.410 e. The Morgan fingerprint density at radius 1 is 1.32 bits per heavy atom. The van der Waals surface area contributed by atoms with Crippen LogP contribution in [0.5, 0.6) is 0 Å². The first kappa shape index (κ1) is 14.0. The van der Waals surface area contributed by atoms with Gasteiger partial charge in [0.1, 0.15) is 11.5 Å². The van der Waals surface area contributed by atoms with Gasteiger partial charge in [-0.15, -0.1) is 0 Å². The number of carbonyl (C=O) groups is 2. The molecule has 2 rings (SSSR count). The van der Waals surface area contributed by atoms with E-state index in [1.165, 1.54) is 4.90 Å². The van der Waals surface area contributed by atoms with Crippen LogP contribution in [-0.2, 0) is 9.53 Å². The highest BCUT2D eigenvalue weighted by Gasteiger charge is 2.75. The van der Waals surface area contributed by atoms with Crippen molar-refractivity contribution in [1.82, 2.24) is 4.90 Å². The number of carbonyl (C=O) groups excluding carboxylic acids is 1. The van der Waals surface area contributed by atoms with Gasteiger partial charge in [-0.05, 0) is 27.2 Å². The van der Waals surface area contributed by atoms with E-state index in [1.807, 2.05) is 0 Å². The third kappa shape index (κ3) is 2.04. The molecule has 1 aliphatic heterocycles. The van der Waals surface area contributed by atoms with Gasteiger partial charge in [0.05, 0.1) is 5.41 Å². The average molecular weight is 277 g/mol. The molecule has 5 nitrogen and oxygen atoms in total. The number of ether oxygens (including phenoxy) is 1.